The lowest BCUT2D eigenvalue weighted by Crippen LogP contribution is -2.52. The number of piperidine rings is 1. The molecule has 0 spiro atoms. The van der Waals surface area contributed by atoms with Crippen molar-refractivity contribution in [3.05, 3.63) is 0 Å². The first kappa shape index (κ1) is 16.8. The summed E-state index contributed by atoms with van der Waals surface area (Å²) in [4.78, 5) is 14.7. The predicted octanol–water partition coefficient (Wildman–Crippen LogP) is 2.16. The van der Waals surface area contributed by atoms with E-state index in [0.29, 0.717) is 17.9 Å². The van der Waals surface area contributed by atoms with Crippen LogP contribution >= 0.6 is 0 Å². The molecule has 4 atom stereocenters. The van der Waals surface area contributed by atoms with Crippen LogP contribution in [0.4, 0.5) is 0 Å². The van der Waals surface area contributed by atoms with E-state index in [1.165, 1.54) is 19.3 Å². The third-order valence-corrected chi connectivity index (χ3v) is 5.62. The number of likely N-dealkylation sites (tertiary alicyclic amines) is 1. The Morgan fingerprint density at radius 1 is 1.14 bits per heavy atom. The van der Waals surface area contributed by atoms with E-state index in [1.54, 1.807) is 0 Å². The predicted molar refractivity (Wildman–Crippen MR) is 85.0 cm³/mol. The topological polar surface area (TPSA) is 52.6 Å². The Morgan fingerprint density at radius 2 is 1.76 bits per heavy atom. The van der Waals surface area contributed by atoms with Crippen molar-refractivity contribution in [2.24, 2.45) is 11.8 Å². The van der Waals surface area contributed by atoms with Gasteiger partial charge in [-0.1, -0.05) is 19.8 Å². The number of hydrogen-bond donors (Lipinski definition) is 2. The van der Waals surface area contributed by atoms with Gasteiger partial charge in [0.05, 0.1) is 12.1 Å². The number of carbonyl (C=O) groups excluding carboxylic acids is 1. The van der Waals surface area contributed by atoms with Gasteiger partial charge in [0.25, 0.3) is 0 Å². The minimum Gasteiger partial charge on any atom is -0.393 e. The van der Waals surface area contributed by atoms with Crippen molar-refractivity contribution in [1.29, 1.82) is 0 Å². The Morgan fingerprint density at radius 3 is 2.33 bits per heavy atom. The molecule has 1 heterocycles. The normalized spacial score (nSPS) is 31.6. The molecule has 122 valence electrons. The second-order valence-corrected chi connectivity index (χ2v) is 7.17. The molecular formula is C17H32N2O2. The van der Waals surface area contributed by atoms with Crippen LogP contribution in [-0.4, -0.2) is 47.2 Å². The Labute approximate surface area is 129 Å². The quantitative estimate of drug-likeness (QED) is 0.836. The molecule has 2 rings (SSSR count). The zero-order chi connectivity index (χ0) is 15.4. The summed E-state index contributed by atoms with van der Waals surface area (Å²) >= 11 is 0. The number of hydrogen-bond acceptors (Lipinski definition) is 3. The standard InChI is InChI=1S/C17H32N2O2/c1-12-6-4-5-7-16(12)18-17(21)13(2)19-10-8-15(9-11-19)14(3)20/h12-16,20H,4-11H2,1-3H3,(H,18,21). The summed E-state index contributed by atoms with van der Waals surface area (Å²) in [5.74, 6) is 1.19. The minimum atomic E-state index is -0.223. The monoisotopic (exact) mass is 296 g/mol. The van der Waals surface area contributed by atoms with Crippen molar-refractivity contribution in [3.8, 4) is 0 Å². The number of aliphatic hydroxyl groups is 1. The summed E-state index contributed by atoms with van der Waals surface area (Å²) < 4.78 is 0. The Hall–Kier alpha value is -0.610. The highest BCUT2D eigenvalue weighted by Crippen LogP contribution is 2.25. The molecule has 0 aromatic carbocycles. The van der Waals surface area contributed by atoms with Crippen LogP contribution in [-0.2, 0) is 4.79 Å². The highest BCUT2D eigenvalue weighted by Gasteiger charge is 2.30. The van der Waals surface area contributed by atoms with Gasteiger partial charge in [-0.05, 0) is 64.5 Å². The average Bonchev–Trinajstić information content (AvgIpc) is 2.49. The molecule has 4 unspecified atom stereocenters. The maximum absolute atomic E-state index is 12.5. The smallest absolute Gasteiger partial charge is 0.237 e. The van der Waals surface area contributed by atoms with Gasteiger partial charge >= 0.3 is 0 Å². The van der Waals surface area contributed by atoms with Gasteiger partial charge in [0.1, 0.15) is 0 Å². The lowest BCUT2D eigenvalue weighted by Gasteiger charge is -2.37. The Balaban J connectivity index is 1.80. The minimum absolute atomic E-state index is 0.0472. The second kappa shape index (κ2) is 7.59. The van der Waals surface area contributed by atoms with E-state index in [0.717, 1.165) is 32.4 Å². The fourth-order valence-corrected chi connectivity index (χ4v) is 3.79. The van der Waals surface area contributed by atoms with Crippen molar-refractivity contribution >= 4 is 5.91 Å². The molecule has 0 aromatic rings. The van der Waals surface area contributed by atoms with Crippen LogP contribution in [0, 0.1) is 11.8 Å². The van der Waals surface area contributed by atoms with E-state index in [4.69, 9.17) is 0 Å². The lowest BCUT2D eigenvalue weighted by molar-refractivity contribution is -0.127. The van der Waals surface area contributed by atoms with Gasteiger partial charge in [0.15, 0.2) is 0 Å². The highest BCUT2D eigenvalue weighted by atomic mass is 16.3. The van der Waals surface area contributed by atoms with Gasteiger partial charge in [0, 0.05) is 6.04 Å². The molecule has 0 aromatic heterocycles. The second-order valence-electron chi connectivity index (χ2n) is 7.17. The molecule has 1 aliphatic carbocycles. The third kappa shape index (κ3) is 4.43. The number of nitrogens with one attached hydrogen (secondary N) is 1. The molecule has 2 aliphatic rings. The van der Waals surface area contributed by atoms with Crippen molar-refractivity contribution in [2.45, 2.75) is 77.5 Å². The van der Waals surface area contributed by atoms with E-state index < -0.39 is 0 Å². The van der Waals surface area contributed by atoms with Crippen LogP contribution in [0.3, 0.4) is 0 Å². The molecule has 21 heavy (non-hydrogen) atoms. The van der Waals surface area contributed by atoms with Crippen LogP contribution in [0.15, 0.2) is 0 Å². The Bertz CT molecular complexity index is 338. The van der Waals surface area contributed by atoms with Gasteiger partial charge in [0.2, 0.25) is 5.91 Å². The van der Waals surface area contributed by atoms with Gasteiger partial charge < -0.3 is 10.4 Å². The van der Waals surface area contributed by atoms with Crippen LogP contribution < -0.4 is 5.32 Å². The molecule has 4 nitrogen and oxygen atoms in total. The maximum Gasteiger partial charge on any atom is 0.237 e. The zero-order valence-electron chi connectivity index (χ0n) is 13.8. The largest absolute Gasteiger partial charge is 0.393 e. The number of aliphatic hydroxyl groups excluding tert-OH is 1. The van der Waals surface area contributed by atoms with Crippen molar-refractivity contribution in [1.82, 2.24) is 10.2 Å². The molecule has 1 aliphatic heterocycles. The summed E-state index contributed by atoms with van der Waals surface area (Å²) in [7, 11) is 0. The van der Waals surface area contributed by atoms with Crippen LogP contribution in [0.1, 0.15) is 59.3 Å². The lowest BCUT2D eigenvalue weighted by atomic mass is 9.85. The summed E-state index contributed by atoms with van der Waals surface area (Å²) in [5, 5.41) is 12.9. The molecule has 2 fully saturated rings. The molecule has 1 saturated heterocycles. The maximum atomic E-state index is 12.5. The van der Waals surface area contributed by atoms with Crippen LogP contribution in [0.5, 0.6) is 0 Å². The first-order valence-electron chi connectivity index (χ1n) is 8.71. The molecule has 4 heteroatoms. The zero-order valence-corrected chi connectivity index (χ0v) is 13.8. The SMILES string of the molecule is CC(O)C1CCN(C(C)C(=O)NC2CCCCC2C)CC1. The fraction of sp³-hybridized carbons (Fsp3) is 0.941. The molecular weight excluding hydrogens is 264 g/mol. The summed E-state index contributed by atoms with van der Waals surface area (Å²) in [6.45, 7) is 7.99. The summed E-state index contributed by atoms with van der Waals surface area (Å²) in [6, 6.07) is 0.317. The van der Waals surface area contributed by atoms with E-state index in [-0.39, 0.29) is 18.1 Å². The number of amides is 1. The third-order valence-electron chi connectivity index (χ3n) is 5.62. The highest BCUT2D eigenvalue weighted by molar-refractivity contribution is 5.81. The molecule has 0 radical (unpaired) electrons. The van der Waals surface area contributed by atoms with Gasteiger partial charge in [-0.3, -0.25) is 9.69 Å². The van der Waals surface area contributed by atoms with Crippen molar-refractivity contribution in [3.63, 3.8) is 0 Å². The first-order valence-corrected chi connectivity index (χ1v) is 8.71. The van der Waals surface area contributed by atoms with E-state index in [2.05, 4.69) is 17.1 Å². The van der Waals surface area contributed by atoms with Crippen LogP contribution in [0.2, 0.25) is 0 Å². The number of rotatable bonds is 4. The average molecular weight is 296 g/mol. The van der Waals surface area contributed by atoms with Gasteiger partial charge in [-0.2, -0.15) is 0 Å². The summed E-state index contributed by atoms with van der Waals surface area (Å²) in [6.07, 6.45) is 6.67. The number of carbonyl (C=O) groups is 1. The van der Waals surface area contributed by atoms with E-state index >= 15 is 0 Å². The Kier molecular flexibility index (Phi) is 6.06. The molecule has 1 saturated carbocycles. The summed E-state index contributed by atoms with van der Waals surface area (Å²) in [5.41, 5.74) is 0. The first-order chi connectivity index (χ1) is 9.99. The van der Waals surface area contributed by atoms with Gasteiger partial charge in [-0.25, -0.2) is 0 Å². The molecule has 1 amide bonds. The fourth-order valence-electron chi connectivity index (χ4n) is 3.79. The number of nitrogens with zero attached hydrogens (tertiary/aromatic N) is 1. The van der Waals surface area contributed by atoms with E-state index in [9.17, 15) is 9.90 Å². The van der Waals surface area contributed by atoms with Crippen molar-refractivity contribution in [2.75, 3.05) is 13.1 Å². The van der Waals surface area contributed by atoms with E-state index in [1.807, 2.05) is 13.8 Å². The van der Waals surface area contributed by atoms with Crippen LogP contribution in [0.25, 0.3) is 0 Å². The molecule has 2 N–H and O–H groups in total. The van der Waals surface area contributed by atoms with Gasteiger partial charge in [-0.15, -0.1) is 0 Å². The van der Waals surface area contributed by atoms with Crippen molar-refractivity contribution < 1.29 is 9.90 Å². The molecule has 0 bridgehead atoms.